The number of anilines is 2. The van der Waals surface area contributed by atoms with E-state index in [-0.39, 0.29) is 24.2 Å². The van der Waals surface area contributed by atoms with Gasteiger partial charge in [0.25, 0.3) is 17.5 Å². The average Bonchev–Trinajstić information content (AvgIpc) is 2.61. The molecule has 0 radical (unpaired) electrons. The number of ether oxygens (including phenoxy) is 1. The highest BCUT2D eigenvalue weighted by molar-refractivity contribution is 6.05. The predicted octanol–water partition coefficient (Wildman–Crippen LogP) is 2.98. The SMILES string of the molecule is CC(C)N1C(=O)COc2ccc(NC(=O)c3ccc([N+](=O)[O-])cc3)cc21. The summed E-state index contributed by atoms with van der Waals surface area (Å²) in [6.07, 6.45) is 0. The fourth-order valence-electron chi connectivity index (χ4n) is 2.75. The van der Waals surface area contributed by atoms with E-state index in [1.54, 1.807) is 23.1 Å². The Hall–Kier alpha value is -3.42. The first-order chi connectivity index (χ1) is 12.4. The molecule has 134 valence electrons. The smallest absolute Gasteiger partial charge is 0.269 e. The van der Waals surface area contributed by atoms with Gasteiger partial charge in [0.1, 0.15) is 5.75 Å². The number of amides is 2. The molecule has 1 aliphatic heterocycles. The molecule has 8 nitrogen and oxygen atoms in total. The second kappa shape index (κ2) is 6.83. The quantitative estimate of drug-likeness (QED) is 0.671. The number of fused-ring (bicyclic) bond motifs is 1. The molecule has 26 heavy (non-hydrogen) atoms. The summed E-state index contributed by atoms with van der Waals surface area (Å²) in [4.78, 5) is 36.2. The van der Waals surface area contributed by atoms with Crippen molar-refractivity contribution < 1.29 is 19.2 Å². The molecule has 0 spiro atoms. The van der Waals surface area contributed by atoms with Crippen molar-refractivity contribution >= 4 is 28.9 Å². The summed E-state index contributed by atoms with van der Waals surface area (Å²) in [5.41, 5.74) is 1.30. The summed E-state index contributed by atoms with van der Waals surface area (Å²) in [6.45, 7) is 3.78. The fourth-order valence-corrected chi connectivity index (χ4v) is 2.75. The molecule has 0 saturated carbocycles. The number of carbonyl (C=O) groups excluding carboxylic acids is 2. The van der Waals surface area contributed by atoms with E-state index in [0.29, 0.717) is 22.7 Å². The molecule has 2 aromatic carbocycles. The Kier molecular flexibility index (Phi) is 4.57. The predicted molar refractivity (Wildman–Crippen MR) is 95.6 cm³/mol. The van der Waals surface area contributed by atoms with Gasteiger partial charge in [0.2, 0.25) is 0 Å². The Morgan fingerprint density at radius 3 is 2.54 bits per heavy atom. The van der Waals surface area contributed by atoms with Crippen LogP contribution in [0.3, 0.4) is 0 Å². The highest BCUT2D eigenvalue weighted by atomic mass is 16.6. The van der Waals surface area contributed by atoms with Crippen molar-refractivity contribution in [2.24, 2.45) is 0 Å². The molecule has 0 aromatic heterocycles. The van der Waals surface area contributed by atoms with Crippen LogP contribution in [-0.4, -0.2) is 29.4 Å². The normalized spacial score (nSPS) is 13.2. The van der Waals surface area contributed by atoms with Crippen LogP contribution in [-0.2, 0) is 4.79 Å². The van der Waals surface area contributed by atoms with E-state index in [2.05, 4.69) is 5.32 Å². The van der Waals surface area contributed by atoms with Crippen molar-refractivity contribution in [3.8, 4) is 5.75 Å². The van der Waals surface area contributed by atoms with E-state index >= 15 is 0 Å². The van der Waals surface area contributed by atoms with Crippen molar-refractivity contribution in [2.75, 3.05) is 16.8 Å². The second-order valence-electron chi connectivity index (χ2n) is 6.09. The molecule has 2 aromatic rings. The zero-order chi connectivity index (χ0) is 18.8. The molecule has 0 fully saturated rings. The van der Waals surface area contributed by atoms with Crippen LogP contribution in [0, 0.1) is 10.1 Å². The number of nitrogens with one attached hydrogen (secondary N) is 1. The second-order valence-corrected chi connectivity index (χ2v) is 6.09. The van der Waals surface area contributed by atoms with Crippen LogP contribution in [0.25, 0.3) is 0 Å². The number of non-ortho nitro benzene ring substituents is 1. The number of nitro groups is 1. The van der Waals surface area contributed by atoms with E-state index < -0.39 is 10.8 Å². The lowest BCUT2D eigenvalue weighted by Crippen LogP contribution is -2.43. The maximum Gasteiger partial charge on any atom is 0.269 e. The minimum atomic E-state index is -0.525. The molecule has 0 aliphatic carbocycles. The zero-order valence-electron chi connectivity index (χ0n) is 14.3. The Bertz CT molecular complexity index is 877. The number of hydrogen-bond donors (Lipinski definition) is 1. The molecule has 1 aliphatic rings. The van der Waals surface area contributed by atoms with Crippen molar-refractivity contribution in [2.45, 2.75) is 19.9 Å². The van der Waals surface area contributed by atoms with Crippen LogP contribution < -0.4 is 15.0 Å². The van der Waals surface area contributed by atoms with Gasteiger partial charge in [0.15, 0.2) is 6.61 Å². The van der Waals surface area contributed by atoms with E-state index in [4.69, 9.17) is 4.74 Å². The van der Waals surface area contributed by atoms with Crippen molar-refractivity contribution in [1.82, 2.24) is 0 Å². The van der Waals surface area contributed by atoms with Gasteiger partial charge in [-0.1, -0.05) is 0 Å². The first kappa shape index (κ1) is 17.4. The van der Waals surface area contributed by atoms with Crippen molar-refractivity contribution in [3.05, 3.63) is 58.1 Å². The molecular weight excluding hydrogens is 338 g/mol. The molecular formula is C18H17N3O5. The van der Waals surface area contributed by atoms with E-state index in [9.17, 15) is 19.7 Å². The lowest BCUT2D eigenvalue weighted by Gasteiger charge is -2.32. The molecule has 3 rings (SSSR count). The third kappa shape index (κ3) is 3.34. The fraction of sp³-hybridized carbons (Fsp3) is 0.222. The Balaban J connectivity index is 1.83. The number of nitrogens with zero attached hydrogens (tertiary/aromatic N) is 2. The lowest BCUT2D eigenvalue weighted by molar-refractivity contribution is -0.384. The van der Waals surface area contributed by atoms with Gasteiger partial charge in [0, 0.05) is 29.4 Å². The molecule has 8 heteroatoms. The van der Waals surface area contributed by atoms with E-state index in [1.807, 2.05) is 13.8 Å². The standard InChI is InChI=1S/C18H17N3O5/c1-11(2)20-15-9-13(5-8-16(15)26-10-17(20)22)19-18(23)12-3-6-14(7-4-12)21(24)25/h3-9,11H,10H2,1-2H3,(H,19,23). The monoisotopic (exact) mass is 355 g/mol. The summed E-state index contributed by atoms with van der Waals surface area (Å²) in [5, 5.41) is 13.4. The van der Waals surface area contributed by atoms with Gasteiger partial charge >= 0.3 is 0 Å². The molecule has 0 saturated heterocycles. The highest BCUT2D eigenvalue weighted by Crippen LogP contribution is 2.35. The lowest BCUT2D eigenvalue weighted by atomic mass is 10.1. The Labute approximate surface area is 149 Å². The number of carbonyl (C=O) groups is 2. The molecule has 0 atom stereocenters. The molecule has 1 N–H and O–H groups in total. The van der Waals surface area contributed by atoms with Gasteiger partial charge in [0.05, 0.1) is 10.6 Å². The molecule has 2 amide bonds. The third-order valence-corrected chi connectivity index (χ3v) is 3.95. The van der Waals surface area contributed by atoms with Gasteiger partial charge in [-0.15, -0.1) is 0 Å². The average molecular weight is 355 g/mol. The van der Waals surface area contributed by atoms with Crippen molar-refractivity contribution in [3.63, 3.8) is 0 Å². The maximum absolute atomic E-state index is 12.4. The van der Waals surface area contributed by atoms with Gasteiger partial charge < -0.3 is 15.0 Å². The van der Waals surface area contributed by atoms with Gasteiger partial charge in [-0.3, -0.25) is 19.7 Å². The van der Waals surface area contributed by atoms with Crippen LogP contribution in [0.2, 0.25) is 0 Å². The Morgan fingerprint density at radius 2 is 1.92 bits per heavy atom. The first-order valence-electron chi connectivity index (χ1n) is 8.01. The number of rotatable bonds is 4. The maximum atomic E-state index is 12.4. The van der Waals surface area contributed by atoms with Crippen LogP contribution in [0.15, 0.2) is 42.5 Å². The highest BCUT2D eigenvalue weighted by Gasteiger charge is 2.28. The summed E-state index contributed by atoms with van der Waals surface area (Å²) in [6, 6.07) is 10.3. The van der Waals surface area contributed by atoms with Gasteiger partial charge in [-0.2, -0.15) is 0 Å². The molecule has 0 unspecified atom stereocenters. The number of nitro benzene ring substituents is 1. The molecule has 0 bridgehead atoms. The van der Waals surface area contributed by atoms with Gasteiger partial charge in [-0.25, -0.2) is 0 Å². The topological polar surface area (TPSA) is 102 Å². The van der Waals surface area contributed by atoms with Crippen LogP contribution in [0.1, 0.15) is 24.2 Å². The number of benzene rings is 2. The largest absolute Gasteiger partial charge is 0.482 e. The van der Waals surface area contributed by atoms with Crippen LogP contribution >= 0.6 is 0 Å². The van der Waals surface area contributed by atoms with Crippen LogP contribution in [0.5, 0.6) is 5.75 Å². The van der Waals surface area contributed by atoms with E-state index in [0.717, 1.165) is 0 Å². The number of hydrogen-bond acceptors (Lipinski definition) is 5. The molecule has 1 heterocycles. The minimum absolute atomic E-state index is 0.0142. The van der Waals surface area contributed by atoms with Crippen molar-refractivity contribution in [1.29, 1.82) is 0 Å². The first-order valence-corrected chi connectivity index (χ1v) is 8.01. The summed E-state index contributed by atoms with van der Waals surface area (Å²) < 4.78 is 5.43. The minimum Gasteiger partial charge on any atom is -0.482 e. The summed E-state index contributed by atoms with van der Waals surface area (Å²) >= 11 is 0. The summed E-state index contributed by atoms with van der Waals surface area (Å²) in [7, 11) is 0. The Morgan fingerprint density at radius 1 is 1.23 bits per heavy atom. The van der Waals surface area contributed by atoms with Gasteiger partial charge in [-0.05, 0) is 44.2 Å². The van der Waals surface area contributed by atoms with Crippen LogP contribution in [0.4, 0.5) is 17.1 Å². The van der Waals surface area contributed by atoms with E-state index in [1.165, 1.54) is 24.3 Å². The third-order valence-electron chi connectivity index (χ3n) is 3.95. The zero-order valence-corrected chi connectivity index (χ0v) is 14.3. The summed E-state index contributed by atoms with van der Waals surface area (Å²) in [5.74, 6) is 0.0250.